The molecule has 18 heavy (non-hydrogen) atoms. The predicted molar refractivity (Wildman–Crippen MR) is 68.4 cm³/mol. The molecule has 1 aliphatic carbocycles. The molecule has 2 atom stereocenters. The number of thioether (sulfide) groups is 1. The molecule has 1 aromatic rings. The van der Waals surface area contributed by atoms with Gasteiger partial charge in [-0.25, -0.2) is 0 Å². The SMILES string of the molecule is CCCSCc1noc(C2C(C(=O)O)C2(C)C)n1. The quantitative estimate of drug-likeness (QED) is 0.800. The molecule has 0 radical (unpaired) electrons. The van der Waals surface area contributed by atoms with Crippen molar-refractivity contribution in [1.82, 2.24) is 10.1 Å². The fourth-order valence-electron chi connectivity index (χ4n) is 2.32. The molecule has 1 fully saturated rings. The summed E-state index contributed by atoms with van der Waals surface area (Å²) < 4.78 is 5.20. The van der Waals surface area contributed by atoms with Crippen molar-refractivity contribution in [2.45, 2.75) is 38.9 Å². The number of hydrogen-bond acceptors (Lipinski definition) is 5. The van der Waals surface area contributed by atoms with Gasteiger partial charge in [0.1, 0.15) is 0 Å². The molecule has 0 saturated heterocycles. The summed E-state index contributed by atoms with van der Waals surface area (Å²) in [5.41, 5.74) is -0.286. The Morgan fingerprint density at radius 1 is 1.56 bits per heavy atom. The Labute approximate surface area is 110 Å². The molecule has 0 bridgehead atoms. The van der Waals surface area contributed by atoms with E-state index in [4.69, 9.17) is 9.63 Å². The van der Waals surface area contributed by atoms with Gasteiger partial charge in [-0.05, 0) is 17.6 Å². The molecule has 1 aromatic heterocycles. The molecule has 100 valence electrons. The average molecular weight is 270 g/mol. The molecule has 2 unspecified atom stereocenters. The summed E-state index contributed by atoms with van der Waals surface area (Å²) in [5.74, 6) is 1.58. The third-order valence-electron chi connectivity index (χ3n) is 3.42. The minimum atomic E-state index is -0.787. The average Bonchev–Trinajstić information content (AvgIpc) is 2.68. The van der Waals surface area contributed by atoms with Crippen molar-refractivity contribution >= 4 is 17.7 Å². The van der Waals surface area contributed by atoms with Crippen molar-refractivity contribution in [3.63, 3.8) is 0 Å². The Morgan fingerprint density at radius 3 is 2.83 bits per heavy atom. The number of hydrogen-bond donors (Lipinski definition) is 1. The molecule has 2 rings (SSSR count). The summed E-state index contributed by atoms with van der Waals surface area (Å²) in [6.45, 7) is 5.97. The van der Waals surface area contributed by atoms with Crippen LogP contribution in [0.15, 0.2) is 4.52 Å². The molecule has 1 heterocycles. The summed E-state index contributed by atoms with van der Waals surface area (Å²) in [7, 11) is 0. The number of rotatable bonds is 6. The highest BCUT2D eigenvalue weighted by atomic mass is 32.2. The topological polar surface area (TPSA) is 76.2 Å². The maximum atomic E-state index is 11.1. The van der Waals surface area contributed by atoms with E-state index in [1.807, 2.05) is 13.8 Å². The van der Waals surface area contributed by atoms with Gasteiger partial charge < -0.3 is 9.63 Å². The summed E-state index contributed by atoms with van der Waals surface area (Å²) in [4.78, 5) is 15.4. The summed E-state index contributed by atoms with van der Waals surface area (Å²) in [6, 6.07) is 0. The van der Waals surface area contributed by atoms with Gasteiger partial charge in [0.15, 0.2) is 5.82 Å². The number of carboxylic acids is 1. The molecule has 1 aliphatic rings. The van der Waals surface area contributed by atoms with Crippen LogP contribution in [0.5, 0.6) is 0 Å². The minimum Gasteiger partial charge on any atom is -0.481 e. The minimum absolute atomic E-state index is 0.146. The highest BCUT2D eigenvalue weighted by Gasteiger charge is 2.65. The van der Waals surface area contributed by atoms with Crippen LogP contribution in [0.4, 0.5) is 0 Å². The van der Waals surface area contributed by atoms with Gasteiger partial charge in [0, 0.05) is 0 Å². The second-order valence-electron chi connectivity index (χ2n) is 5.22. The zero-order valence-corrected chi connectivity index (χ0v) is 11.7. The Kier molecular flexibility index (Phi) is 3.66. The van der Waals surface area contributed by atoms with Gasteiger partial charge in [-0.15, -0.1) is 0 Å². The number of aliphatic carboxylic acids is 1. The van der Waals surface area contributed by atoms with Crippen LogP contribution in [-0.2, 0) is 10.5 Å². The van der Waals surface area contributed by atoms with Crippen molar-refractivity contribution in [2.24, 2.45) is 11.3 Å². The Morgan fingerprint density at radius 2 is 2.28 bits per heavy atom. The molecule has 0 spiro atoms. The normalized spacial score (nSPS) is 25.1. The first-order valence-electron chi connectivity index (χ1n) is 6.11. The van der Waals surface area contributed by atoms with Crippen molar-refractivity contribution < 1.29 is 14.4 Å². The number of aromatic nitrogens is 2. The van der Waals surface area contributed by atoms with Gasteiger partial charge in [-0.1, -0.05) is 25.9 Å². The zero-order chi connectivity index (χ0) is 13.3. The summed E-state index contributed by atoms with van der Waals surface area (Å²) in [5, 5.41) is 13.0. The maximum absolute atomic E-state index is 11.1. The monoisotopic (exact) mass is 270 g/mol. The summed E-state index contributed by atoms with van der Waals surface area (Å²) in [6.07, 6.45) is 1.12. The van der Waals surface area contributed by atoms with E-state index in [0.717, 1.165) is 17.9 Å². The van der Waals surface area contributed by atoms with Gasteiger partial charge >= 0.3 is 5.97 Å². The van der Waals surface area contributed by atoms with Crippen molar-refractivity contribution in [3.8, 4) is 0 Å². The Balaban J connectivity index is 2.01. The van der Waals surface area contributed by atoms with Gasteiger partial charge in [-0.2, -0.15) is 16.7 Å². The van der Waals surface area contributed by atoms with E-state index in [2.05, 4.69) is 17.1 Å². The lowest BCUT2D eigenvalue weighted by Gasteiger charge is -1.96. The molecule has 0 aliphatic heterocycles. The van der Waals surface area contributed by atoms with Crippen molar-refractivity contribution in [1.29, 1.82) is 0 Å². The van der Waals surface area contributed by atoms with Crippen LogP contribution in [0, 0.1) is 11.3 Å². The summed E-state index contributed by atoms with van der Waals surface area (Å²) >= 11 is 1.76. The van der Waals surface area contributed by atoms with Crippen molar-refractivity contribution in [3.05, 3.63) is 11.7 Å². The molecule has 1 N–H and O–H groups in total. The third-order valence-corrected chi connectivity index (χ3v) is 4.58. The fourth-order valence-corrected chi connectivity index (χ4v) is 3.05. The van der Waals surface area contributed by atoms with Crippen LogP contribution in [0.1, 0.15) is 44.8 Å². The van der Waals surface area contributed by atoms with Gasteiger partial charge in [0.05, 0.1) is 17.6 Å². The van der Waals surface area contributed by atoms with E-state index in [1.165, 1.54) is 0 Å². The second-order valence-corrected chi connectivity index (χ2v) is 6.32. The maximum Gasteiger partial charge on any atom is 0.307 e. The van der Waals surface area contributed by atoms with E-state index < -0.39 is 11.9 Å². The van der Waals surface area contributed by atoms with E-state index in [9.17, 15) is 4.79 Å². The number of carboxylic acid groups (broad SMARTS) is 1. The van der Waals surface area contributed by atoms with Crippen LogP contribution in [0.3, 0.4) is 0 Å². The van der Waals surface area contributed by atoms with E-state index in [-0.39, 0.29) is 11.3 Å². The van der Waals surface area contributed by atoms with Crippen LogP contribution >= 0.6 is 11.8 Å². The van der Waals surface area contributed by atoms with Crippen LogP contribution in [-0.4, -0.2) is 27.0 Å². The molecular weight excluding hydrogens is 252 g/mol. The molecule has 0 aromatic carbocycles. The number of carbonyl (C=O) groups is 1. The van der Waals surface area contributed by atoms with Crippen LogP contribution in [0.2, 0.25) is 0 Å². The smallest absolute Gasteiger partial charge is 0.307 e. The lowest BCUT2D eigenvalue weighted by molar-refractivity contribution is -0.139. The second kappa shape index (κ2) is 4.91. The largest absolute Gasteiger partial charge is 0.481 e. The first-order chi connectivity index (χ1) is 8.48. The van der Waals surface area contributed by atoms with Gasteiger partial charge in [-0.3, -0.25) is 4.79 Å². The van der Waals surface area contributed by atoms with Crippen molar-refractivity contribution in [2.75, 3.05) is 5.75 Å². The van der Waals surface area contributed by atoms with Gasteiger partial charge in [0.2, 0.25) is 5.89 Å². The molecule has 5 nitrogen and oxygen atoms in total. The van der Waals surface area contributed by atoms with E-state index in [0.29, 0.717) is 11.7 Å². The number of nitrogens with zero attached hydrogens (tertiary/aromatic N) is 2. The van der Waals surface area contributed by atoms with Crippen LogP contribution < -0.4 is 0 Å². The van der Waals surface area contributed by atoms with Gasteiger partial charge in [0.25, 0.3) is 0 Å². The predicted octanol–water partition coefficient (Wildman–Crippen LogP) is 2.54. The fraction of sp³-hybridized carbons (Fsp3) is 0.750. The Hall–Kier alpha value is -1.04. The van der Waals surface area contributed by atoms with E-state index in [1.54, 1.807) is 11.8 Å². The highest BCUT2D eigenvalue weighted by molar-refractivity contribution is 7.98. The molecule has 1 saturated carbocycles. The zero-order valence-electron chi connectivity index (χ0n) is 10.8. The Bertz CT molecular complexity index is 444. The van der Waals surface area contributed by atoms with E-state index >= 15 is 0 Å². The third kappa shape index (κ3) is 2.39. The standard InChI is InChI=1S/C12H18N2O3S/c1-4-5-18-6-7-13-10(17-14-7)8-9(11(15)16)12(8,2)3/h8-9H,4-6H2,1-3H3,(H,15,16). The first-order valence-corrected chi connectivity index (χ1v) is 7.27. The molecule has 0 amide bonds. The van der Waals surface area contributed by atoms with Crippen LogP contribution in [0.25, 0.3) is 0 Å². The lowest BCUT2D eigenvalue weighted by atomic mass is 10.1. The molecular formula is C12H18N2O3S. The molecule has 6 heteroatoms. The lowest BCUT2D eigenvalue weighted by Crippen LogP contribution is -2.03. The first kappa shape index (κ1) is 13.4. The highest BCUT2D eigenvalue weighted by Crippen LogP contribution is 2.64.